The lowest BCUT2D eigenvalue weighted by atomic mass is 10.0. The summed E-state index contributed by atoms with van der Waals surface area (Å²) in [4.78, 5) is 0. The number of benzene rings is 3. The molecule has 3 aromatic carbocycles. The normalized spacial score (nSPS) is 12.0. The Bertz CT molecular complexity index is 1270. The molecule has 0 unspecified atom stereocenters. The van der Waals surface area contributed by atoms with E-state index in [-0.39, 0.29) is 0 Å². The Morgan fingerprint density at radius 1 is 0.800 bits per heavy atom. The summed E-state index contributed by atoms with van der Waals surface area (Å²) in [7, 11) is 0. The van der Waals surface area contributed by atoms with Gasteiger partial charge in [0.2, 0.25) is 0 Å². The van der Waals surface area contributed by atoms with E-state index in [4.69, 9.17) is 0 Å². The highest BCUT2D eigenvalue weighted by Gasteiger charge is 2.11. The number of nitrogens with zero attached hydrogens (tertiary/aromatic N) is 1. The molecule has 1 heterocycles. The van der Waals surface area contributed by atoms with E-state index in [1.165, 1.54) is 49.4 Å². The van der Waals surface area contributed by atoms with Gasteiger partial charge in [-0.05, 0) is 73.4 Å². The number of fused-ring (bicyclic) bond motifs is 1. The Hall–Kier alpha value is -3.32. The van der Waals surface area contributed by atoms with Crippen molar-refractivity contribution in [2.24, 2.45) is 0 Å². The topological polar surface area (TPSA) is 4.93 Å². The minimum atomic E-state index is 1.17. The van der Waals surface area contributed by atoms with Crippen LogP contribution < -0.4 is 10.6 Å². The predicted octanol–water partition coefficient (Wildman–Crippen LogP) is 6.71. The van der Waals surface area contributed by atoms with Crippen LogP contribution in [0.3, 0.4) is 0 Å². The first-order valence-electron chi connectivity index (χ1n) is 10.7. The Morgan fingerprint density at radius 3 is 2.07 bits per heavy atom. The summed E-state index contributed by atoms with van der Waals surface area (Å²) < 4.78 is 2.35. The summed E-state index contributed by atoms with van der Waals surface area (Å²) in [5.41, 5.74) is 7.41. The largest absolute Gasteiger partial charge is 0.309 e. The second kappa shape index (κ2) is 9.45. The van der Waals surface area contributed by atoms with Crippen LogP contribution in [0.4, 0.5) is 0 Å². The van der Waals surface area contributed by atoms with Gasteiger partial charge in [-0.25, -0.2) is 0 Å². The molecular weight excluding hydrogens is 362 g/mol. The van der Waals surface area contributed by atoms with Crippen molar-refractivity contribution in [1.29, 1.82) is 0 Å². The molecule has 0 spiro atoms. The van der Waals surface area contributed by atoms with E-state index in [2.05, 4.69) is 111 Å². The quantitative estimate of drug-likeness (QED) is 0.365. The summed E-state index contributed by atoms with van der Waals surface area (Å²) in [6.07, 6.45) is 6.18. The first-order valence-corrected chi connectivity index (χ1v) is 10.7. The molecular formula is C29H31N. The third kappa shape index (κ3) is 4.02. The van der Waals surface area contributed by atoms with Gasteiger partial charge in [-0.2, -0.15) is 0 Å². The van der Waals surface area contributed by atoms with E-state index in [1.54, 1.807) is 0 Å². The maximum atomic E-state index is 3.95. The van der Waals surface area contributed by atoms with E-state index < -0.39 is 0 Å². The van der Waals surface area contributed by atoms with Crippen LogP contribution in [0.5, 0.6) is 0 Å². The first-order chi connectivity index (χ1) is 14.6. The average Bonchev–Trinajstić information content (AvgIpc) is 3.07. The van der Waals surface area contributed by atoms with Gasteiger partial charge in [-0.1, -0.05) is 75.0 Å². The van der Waals surface area contributed by atoms with Crippen molar-refractivity contribution >= 4 is 23.1 Å². The Morgan fingerprint density at radius 2 is 1.47 bits per heavy atom. The van der Waals surface area contributed by atoms with Crippen LogP contribution in [0.2, 0.25) is 0 Å². The molecule has 4 aromatic rings. The molecule has 0 N–H and O–H groups in total. The highest BCUT2D eigenvalue weighted by Crippen LogP contribution is 2.24. The van der Waals surface area contributed by atoms with E-state index >= 15 is 0 Å². The van der Waals surface area contributed by atoms with E-state index in [0.29, 0.717) is 0 Å². The molecule has 0 bridgehead atoms. The molecule has 0 radical (unpaired) electrons. The van der Waals surface area contributed by atoms with E-state index in [9.17, 15) is 0 Å². The molecule has 1 aromatic heterocycles. The van der Waals surface area contributed by atoms with Crippen molar-refractivity contribution in [3.05, 3.63) is 101 Å². The molecule has 30 heavy (non-hydrogen) atoms. The van der Waals surface area contributed by atoms with E-state index in [0.717, 1.165) is 0 Å². The van der Waals surface area contributed by atoms with Crippen molar-refractivity contribution in [2.75, 3.05) is 0 Å². The highest BCUT2D eigenvalue weighted by molar-refractivity contribution is 5.88. The van der Waals surface area contributed by atoms with Gasteiger partial charge in [0.25, 0.3) is 0 Å². The third-order valence-corrected chi connectivity index (χ3v) is 5.18. The standard InChI is InChI=1S/C27H25N.C2H6/c1-5-10-26-24(6-2)25-18-22(21-11-8-7-9-12-21)13-14-27(25)28(26)23-16-19(3)15-20(4)17-23;1-2/h5-18H,1H2,2-4H3;1-2H3/b24-6-,26-10+;. The molecule has 1 heteroatoms. The number of hydrogen-bond donors (Lipinski definition) is 0. The number of aromatic nitrogens is 1. The number of aryl methyl sites for hydroxylation is 2. The Kier molecular flexibility index (Phi) is 6.74. The minimum Gasteiger partial charge on any atom is -0.309 e. The minimum absolute atomic E-state index is 1.17. The molecule has 0 fully saturated rings. The molecule has 4 rings (SSSR count). The van der Waals surface area contributed by atoms with Gasteiger partial charge in [0.05, 0.1) is 10.9 Å². The molecule has 0 saturated carbocycles. The van der Waals surface area contributed by atoms with Crippen LogP contribution in [0.15, 0.2) is 79.4 Å². The van der Waals surface area contributed by atoms with Crippen LogP contribution in [-0.4, -0.2) is 4.57 Å². The van der Waals surface area contributed by atoms with Crippen LogP contribution >= 0.6 is 0 Å². The van der Waals surface area contributed by atoms with Crippen molar-refractivity contribution in [3.63, 3.8) is 0 Å². The average molecular weight is 394 g/mol. The van der Waals surface area contributed by atoms with Gasteiger partial charge in [0, 0.05) is 16.3 Å². The van der Waals surface area contributed by atoms with Gasteiger partial charge in [-0.3, -0.25) is 0 Å². The summed E-state index contributed by atoms with van der Waals surface area (Å²) in [6.45, 7) is 14.4. The smallest absolute Gasteiger partial charge is 0.0541 e. The third-order valence-electron chi connectivity index (χ3n) is 5.18. The maximum absolute atomic E-state index is 3.95. The lowest BCUT2D eigenvalue weighted by molar-refractivity contribution is 1.06. The fourth-order valence-electron chi connectivity index (χ4n) is 4.08. The van der Waals surface area contributed by atoms with Crippen molar-refractivity contribution in [1.82, 2.24) is 4.57 Å². The van der Waals surface area contributed by atoms with Gasteiger partial charge in [0.15, 0.2) is 0 Å². The van der Waals surface area contributed by atoms with Gasteiger partial charge in [0.1, 0.15) is 0 Å². The summed E-state index contributed by atoms with van der Waals surface area (Å²) in [5.74, 6) is 0. The van der Waals surface area contributed by atoms with Crippen LogP contribution in [0.25, 0.3) is 39.9 Å². The van der Waals surface area contributed by atoms with Crippen molar-refractivity contribution in [2.45, 2.75) is 34.6 Å². The van der Waals surface area contributed by atoms with E-state index in [1.807, 2.05) is 19.9 Å². The zero-order valence-electron chi connectivity index (χ0n) is 18.7. The fraction of sp³-hybridized carbons (Fsp3) is 0.172. The number of hydrogen-bond acceptors (Lipinski definition) is 0. The highest BCUT2D eigenvalue weighted by atomic mass is 15.0. The zero-order valence-corrected chi connectivity index (χ0v) is 18.7. The lowest BCUT2D eigenvalue weighted by Crippen LogP contribution is -2.28. The number of allylic oxidation sites excluding steroid dienone is 1. The van der Waals surface area contributed by atoms with Crippen molar-refractivity contribution < 1.29 is 0 Å². The lowest BCUT2D eigenvalue weighted by Gasteiger charge is -2.10. The summed E-state index contributed by atoms with van der Waals surface area (Å²) in [6, 6.07) is 24.0. The predicted molar refractivity (Wildman–Crippen MR) is 134 cm³/mol. The fourth-order valence-corrected chi connectivity index (χ4v) is 4.08. The number of rotatable bonds is 3. The molecule has 152 valence electrons. The molecule has 0 aliphatic carbocycles. The molecule has 0 aliphatic rings. The van der Waals surface area contributed by atoms with Crippen LogP contribution in [-0.2, 0) is 0 Å². The molecule has 0 amide bonds. The second-order valence-electron chi connectivity index (χ2n) is 7.27. The Balaban J connectivity index is 0.00000124. The van der Waals surface area contributed by atoms with Gasteiger partial charge in [-0.15, -0.1) is 0 Å². The second-order valence-corrected chi connectivity index (χ2v) is 7.27. The SMILES string of the molecule is C=C/C=c1\c(=C/C)c2cc(-c3ccccc3)ccc2n1-c1cc(C)cc(C)c1.CC. The summed E-state index contributed by atoms with van der Waals surface area (Å²) in [5, 5.41) is 3.67. The van der Waals surface area contributed by atoms with Crippen molar-refractivity contribution in [3.8, 4) is 16.8 Å². The van der Waals surface area contributed by atoms with Gasteiger partial charge < -0.3 is 4.57 Å². The molecule has 0 saturated heterocycles. The van der Waals surface area contributed by atoms with Crippen LogP contribution in [0, 0.1) is 13.8 Å². The Labute approximate surface area is 180 Å². The first kappa shape index (κ1) is 21.4. The zero-order chi connectivity index (χ0) is 21.7. The molecule has 0 atom stereocenters. The maximum Gasteiger partial charge on any atom is 0.0541 e. The van der Waals surface area contributed by atoms with Crippen LogP contribution in [0.1, 0.15) is 31.9 Å². The summed E-state index contributed by atoms with van der Waals surface area (Å²) >= 11 is 0. The molecule has 1 nitrogen and oxygen atoms in total. The molecule has 0 aliphatic heterocycles. The monoisotopic (exact) mass is 393 g/mol. The van der Waals surface area contributed by atoms with Gasteiger partial charge >= 0.3 is 0 Å².